The summed E-state index contributed by atoms with van der Waals surface area (Å²) in [6, 6.07) is 8.15. The summed E-state index contributed by atoms with van der Waals surface area (Å²) in [5.74, 6) is -2.03. The number of esters is 1. The van der Waals surface area contributed by atoms with Crippen molar-refractivity contribution in [3.8, 4) is 5.75 Å². The number of amides is 1. The van der Waals surface area contributed by atoms with Gasteiger partial charge in [-0.3, -0.25) is 4.79 Å². The number of hydrogen-bond acceptors (Lipinski definition) is 4. The van der Waals surface area contributed by atoms with Gasteiger partial charge in [0.1, 0.15) is 0 Å². The highest BCUT2D eigenvalue weighted by Crippen LogP contribution is 2.26. The Morgan fingerprint density at radius 3 is 2.41 bits per heavy atom. The highest BCUT2D eigenvalue weighted by Gasteiger charge is 2.22. The molecule has 0 unspecified atom stereocenters. The van der Waals surface area contributed by atoms with Gasteiger partial charge in [-0.25, -0.2) is 9.18 Å². The minimum atomic E-state index is -1.09. The zero-order chi connectivity index (χ0) is 20.1. The number of halogens is 3. The van der Waals surface area contributed by atoms with Crippen molar-refractivity contribution < 1.29 is 23.5 Å². The molecule has 2 aromatic carbocycles. The Bertz CT molecular complexity index is 860. The molecule has 0 saturated heterocycles. The molecule has 0 radical (unpaired) electrons. The van der Waals surface area contributed by atoms with Crippen LogP contribution in [0.5, 0.6) is 5.75 Å². The molecule has 0 aliphatic heterocycles. The SMILES string of the molecule is COc1ccc(C(=O)O[C@@H](C)C(=O)N[C@@H](C)c2ccc(Cl)cc2Cl)cc1F. The molecule has 0 bridgehead atoms. The monoisotopic (exact) mass is 413 g/mol. The van der Waals surface area contributed by atoms with Crippen molar-refractivity contribution in [2.45, 2.75) is 26.0 Å². The van der Waals surface area contributed by atoms with E-state index in [1.807, 2.05) is 0 Å². The van der Waals surface area contributed by atoms with E-state index < -0.39 is 29.8 Å². The molecule has 2 rings (SSSR count). The number of carbonyl (C=O) groups is 2. The van der Waals surface area contributed by atoms with E-state index >= 15 is 0 Å². The van der Waals surface area contributed by atoms with Crippen LogP contribution in [0.25, 0.3) is 0 Å². The van der Waals surface area contributed by atoms with Crippen LogP contribution in [0.15, 0.2) is 36.4 Å². The summed E-state index contributed by atoms with van der Waals surface area (Å²) < 4.78 is 23.6. The molecule has 8 heteroatoms. The zero-order valence-electron chi connectivity index (χ0n) is 14.9. The highest BCUT2D eigenvalue weighted by molar-refractivity contribution is 6.35. The second-order valence-electron chi connectivity index (χ2n) is 5.79. The summed E-state index contributed by atoms with van der Waals surface area (Å²) in [7, 11) is 1.32. The summed E-state index contributed by atoms with van der Waals surface area (Å²) >= 11 is 12.0. The van der Waals surface area contributed by atoms with Gasteiger partial charge in [-0.15, -0.1) is 0 Å². The molecule has 144 valence electrons. The third-order valence-electron chi connectivity index (χ3n) is 3.83. The third-order valence-corrected chi connectivity index (χ3v) is 4.39. The Morgan fingerprint density at radius 2 is 1.81 bits per heavy atom. The molecule has 27 heavy (non-hydrogen) atoms. The van der Waals surface area contributed by atoms with Crippen LogP contribution in [0.1, 0.15) is 35.8 Å². The van der Waals surface area contributed by atoms with Crippen LogP contribution in [0.3, 0.4) is 0 Å². The van der Waals surface area contributed by atoms with Gasteiger partial charge in [0.25, 0.3) is 5.91 Å². The molecule has 0 spiro atoms. The van der Waals surface area contributed by atoms with Crippen LogP contribution in [-0.2, 0) is 9.53 Å². The third kappa shape index (κ3) is 5.34. The lowest BCUT2D eigenvalue weighted by Gasteiger charge is -2.19. The van der Waals surface area contributed by atoms with Gasteiger partial charge in [0.15, 0.2) is 17.7 Å². The fourth-order valence-corrected chi connectivity index (χ4v) is 2.91. The average Bonchev–Trinajstić information content (AvgIpc) is 2.61. The van der Waals surface area contributed by atoms with Crippen LogP contribution in [-0.4, -0.2) is 25.1 Å². The fraction of sp³-hybridized carbons (Fsp3) is 0.263. The number of nitrogens with one attached hydrogen (secondary N) is 1. The molecular weight excluding hydrogens is 396 g/mol. The van der Waals surface area contributed by atoms with Crippen LogP contribution in [0, 0.1) is 5.82 Å². The van der Waals surface area contributed by atoms with Gasteiger partial charge in [0, 0.05) is 10.0 Å². The lowest BCUT2D eigenvalue weighted by molar-refractivity contribution is -0.129. The largest absolute Gasteiger partial charge is 0.494 e. The van der Waals surface area contributed by atoms with Crippen molar-refractivity contribution in [1.29, 1.82) is 0 Å². The van der Waals surface area contributed by atoms with Gasteiger partial charge in [-0.1, -0.05) is 29.3 Å². The topological polar surface area (TPSA) is 64.6 Å². The maximum Gasteiger partial charge on any atom is 0.339 e. The predicted octanol–water partition coefficient (Wildman–Crippen LogP) is 4.56. The van der Waals surface area contributed by atoms with E-state index in [1.165, 1.54) is 26.2 Å². The molecule has 5 nitrogen and oxygen atoms in total. The number of benzene rings is 2. The summed E-state index contributed by atoms with van der Waals surface area (Å²) in [6.45, 7) is 3.16. The first kappa shape index (κ1) is 21.0. The molecule has 0 aromatic heterocycles. The normalized spacial score (nSPS) is 12.8. The van der Waals surface area contributed by atoms with Crippen molar-refractivity contribution in [2.75, 3.05) is 7.11 Å². The Morgan fingerprint density at radius 1 is 1.11 bits per heavy atom. The van der Waals surface area contributed by atoms with E-state index in [0.29, 0.717) is 15.6 Å². The van der Waals surface area contributed by atoms with Crippen molar-refractivity contribution in [3.63, 3.8) is 0 Å². The number of ether oxygens (including phenoxy) is 2. The second-order valence-corrected chi connectivity index (χ2v) is 6.64. The molecule has 0 aliphatic carbocycles. The number of methoxy groups -OCH3 is 1. The van der Waals surface area contributed by atoms with Gasteiger partial charge < -0.3 is 14.8 Å². The van der Waals surface area contributed by atoms with Crippen LogP contribution >= 0.6 is 23.2 Å². The van der Waals surface area contributed by atoms with E-state index in [-0.39, 0.29) is 11.3 Å². The zero-order valence-corrected chi connectivity index (χ0v) is 16.4. The minimum absolute atomic E-state index is 0.00556. The standard InChI is InChI=1S/C19H18Cl2FNO4/c1-10(14-6-5-13(20)9-15(14)21)23-18(24)11(2)27-19(25)12-4-7-17(26-3)16(22)8-12/h4-11H,1-3H3,(H,23,24)/t10-,11-/m0/s1. The molecule has 0 aliphatic rings. The molecule has 0 heterocycles. The van der Waals surface area contributed by atoms with E-state index in [2.05, 4.69) is 5.32 Å². The van der Waals surface area contributed by atoms with E-state index in [1.54, 1.807) is 25.1 Å². The first-order valence-corrected chi connectivity index (χ1v) is 8.78. The first-order chi connectivity index (χ1) is 12.7. The maximum atomic E-state index is 13.7. The lowest BCUT2D eigenvalue weighted by atomic mass is 10.1. The summed E-state index contributed by atoms with van der Waals surface area (Å²) in [6.07, 6.45) is -1.09. The Balaban J connectivity index is 2.00. The summed E-state index contributed by atoms with van der Waals surface area (Å²) in [5, 5.41) is 3.60. The average molecular weight is 414 g/mol. The highest BCUT2D eigenvalue weighted by atomic mass is 35.5. The summed E-state index contributed by atoms with van der Waals surface area (Å²) in [4.78, 5) is 24.4. The molecule has 2 atom stereocenters. The number of rotatable bonds is 6. The van der Waals surface area contributed by atoms with Crippen molar-refractivity contribution in [2.24, 2.45) is 0 Å². The van der Waals surface area contributed by atoms with Crippen LogP contribution in [0.2, 0.25) is 10.0 Å². The van der Waals surface area contributed by atoms with Gasteiger partial charge in [-0.05, 0) is 49.7 Å². The van der Waals surface area contributed by atoms with Gasteiger partial charge in [0.2, 0.25) is 0 Å². The minimum Gasteiger partial charge on any atom is -0.494 e. The van der Waals surface area contributed by atoms with Crippen molar-refractivity contribution in [1.82, 2.24) is 5.32 Å². The quantitative estimate of drug-likeness (QED) is 0.704. The van der Waals surface area contributed by atoms with Gasteiger partial charge in [0.05, 0.1) is 18.7 Å². The number of hydrogen-bond donors (Lipinski definition) is 1. The van der Waals surface area contributed by atoms with E-state index in [4.69, 9.17) is 32.7 Å². The molecule has 1 amide bonds. The Labute approximate surface area is 166 Å². The van der Waals surface area contributed by atoms with Crippen molar-refractivity contribution >= 4 is 35.1 Å². The Hall–Kier alpha value is -2.31. The molecular formula is C19H18Cl2FNO4. The summed E-state index contributed by atoms with van der Waals surface area (Å²) in [5.41, 5.74) is 0.645. The smallest absolute Gasteiger partial charge is 0.339 e. The molecule has 1 N–H and O–H groups in total. The maximum absolute atomic E-state index is 13.7. The first-order valence-electron chi connectivity index (χ1n) is 8.02. The van der Waals surface area contributed by atoms with E-state index in [0.717, 1.165) is 6.07 Å². The van der Waals surface area contributed by atoms with Crippen molar-refractivity contribution in [3.05, 3.63) is 63.4 Å². The predicted molar refractivity (Wildman–Crippen MR) is 101 cm³/mol. The molecule has 2 aromatic rings. The van der Waals surface area contributed by atoms with Crippen LogP contribution < -0.4 is 10.1 Å². The lowest BCUT2D eigenvalue weighted by Crippen LogP contribution is -2.37. The fourth-order valence-electron chi connectivity index (χ4n) is 2.34. The van der Waals surface area contributed by atoms with E-state index in [9.17, 15) is 14.0 Å². The second kappa shape index (κ2) is 9.06. The molecule has 0 saturated carbocycles. The van der Waals surface area contributed by atoms with Gasteiger partial charge in [-0.2, -0.15) is 0 Å². The number of carbonyl (C=O) groups excluding carboxylic acids is 2. The van der Waals surface area contributed by atoms with Crippen LogP contribution in [0.4, 0.5) is 4.39 Å². The van der Waals surface area contributed by atoms with Gasteiger partial charge >= 0.3 is 5.97 Å². The Kier molecular flexibility index (Phi) is 7.05. The molecule has 0 fully saturated rings.